The highest BCUT2D eigenvalue weighted by Crippen LogP contribution is 2.21. The summed E-state index contributed by atoms with van der Waals surface area (Å²) in [7, 11) is -1.38. The molecule has 0 heterocycles. The van der Waals surface area contributed by atoms with Crippen molar-refractivity contribution in [1.29, 1.82) is 0 Å². The van der Waals surface area contributed by atoms with Crippen molar-refractivity contribution in [2.45, 2.75) is 39.8 Å². The van der Waals surface area contributed by atoms with Crippen LogP contribution in [0.2, 0.25) is 0 Å². The van der Waals surface area contributed by atoms with Crippen molar-refractivity contribution in [3.8, 4) is 0 Å². The predicted octanol–water partition coefficient (Wildman–Crippen LogP) is 2.69. The van der Waals surface area contributed by atoms with Crippen molar-refractivity contribution in [3.63, 3.8) is 0 Å². The maximum absolute atomic E-state index is 13.5. The Kier molecular flexibility index (Phi) is 9.57. The molecule has 1 unspecified atom stereocenters. The lowest BCUT2D eigenvalue weighted by molar-refractivity contribution is -0.139. The lowest BCUT2D eigenvalue weighted by atomic mass is 10.1. The van der Waals surface area contributed by atoms with Gasteiger partial charge in [0.2, 0.25) is 11.8 Å². The van der Waals surface area contributed by atoms with E-state index in [9.17, 15) is 22.4 Å². The second-order valence-corrected chi connectivity index (χ2v) is 10.3. The molecule has 0 saturated carbocycles. The molecule has 2 aromatic carbocycles. The lowest BCUT2D eigenvalue weighted by Crippen LogP contribution is -2.52. The molecule has 10 heteroatoms. The minimum atomic E-state index is -4.08. The van der Waals surface area contributed by atoms with Gasteiger partial charge in [-0.05, 0) is 50.1 Å². The molecule has 0 spiro atoms. The van der Waals surface area contributed by atoms with Crippen molar-refractivity contribution in [2.24, 2.45) is 0 Å². The summed E-state index contributed by atoms with van der Waals surface area (Å²) in [5, 5.41) is 2.79. The molecule has 0 aliphatic rings. The van der Waals surface area contributed by atoms with Crippen LogP contribution in [-0.2, 0) is 26.3 Å². The van der Waals surface area contributed by atoms with Crippen LogP contribution in [0, 0.1) is 12.7 Å². The van der Waals surface area contributed by atoms with Gasteiger partial charge in [-0.25, -0.2) is 8.70 Å². The molecular weight excluding hydrogens is 459 g/mol. The van der Waals surface area contributed by atoms with E-state index in [-0.39, 0.29) is 18.1 Å². The van der Waals surface area contributed by atoms with Crippen molar-refractivity contribution >= 4 is 27.7 Å². The van der Waals surface area contributed by atoms with E-state index in [0.29, 0.717) is 6.54 Å². The van der Waals surface area contributed by atoms with E-state index in [1.807, 2.05) is 38.1 Å². The smallest absolute Gasteiger partial charge is 0.304 e. The number of rotatable bonds is 11. The zero-order valence-electron chi connectivity index (χ0n) is 20.3. The molecule has 1 atom stereocenters. The molecule has 2 amide bonds. The van der Waals surface area contributed by atoms with Crippen molar-refractivity contribution in [3.05, 3.63) is 65.5 Å². The third-order valence-electron chi connectivity index (χ3n) is 5.32. The number of hydrogen-bond donors (Lipinski definition) is 1. The molecule has 2 aromatic rings. The Balaban J connectivity index is 2.41. The second-order valence-electron chi connectivity index (χ2n) is 8.25. The van der Waals surface area contributed by atoms with Crippen LogP contribution in [0.25, 0.3) is 0 Å². The molecule has 0 bridgehead atoms. The number of nitrogens with one attached hydrogen (secondary N) is 1. The van der Waals surface area contributed by atoms with Gasteiger partial charge in [0, 0.05) is 27.2 Å². The summed E-state index contributed by atoms with van der Waals surface area (Å²) in [6.07, 6.45) is 0.740. The summed E-state index contributed by atoms with van der Waals surface area (Å²) >= 11 is 0. The first-order valence-corrected chi connectivity index (χ1v) is 12.5. The number of nitrogens with zero attached hydrogens (tertiary/aromatic N) is 3. The number of anilines is 1. The van der Waals surface area contributed by atoms with E-state index in [1.165, 1.54) is 31.1 Å². The number of carbonyl (C=O) groups is 2. The first-order chi connectivity index (χ1) is 16.0. The molecule has 0 aliphatic carbocycles. The van der Waals surface area contributed by atoms with Gasteiger partial charge in [-0.1, -0.05) is 36.8 Å². The third kappa shape index (κ3) is 7.01. The van der Waals surface area contributed by atoms with Crippen LogP contribution in [0.4, 0.5) is 10.1 Å². The van der Waals surface area contributed by atoms with Crippen molar-refractivity contribution in [2.75, 3.05) is 31.5 Å². The summed E-state index contributed by atoms with van der Waals surface area (Å²) in [5.41, 5.74) is 2.00. The average molecular weight is 493 g/mol. The van der Waals surface area contributed by atoms with Crippen LogP contribution in [0.1, 0.15) is 31.4 Å². The Morgan fingerprint density at radius 2 is 1.62 bits per heavy atom. The first kappa shape index (κ1) is 27.3. The third-order valence-corrected chi connectivity index (χ3v) is 7.14. The normalized spacial score (nSPS) is 12.3. The molecular formula is C24H33FN4O4S. The SMILES string of the molecule is CCCNC(=O)C(C)N(Cc1ccc(C)cc1)C(=O)CN(c1ccc(F)cc1)S(=O)(=O)N(C)C. The molecule has 0 aliphatic heterocycles. The summed E-state index contributed by atoms with van der Waals surface area (Å²) < 4.78 is 41.4. The van der Waals surface area contributed by atoms with E-state index in [0.717, 1.165) is 38.3 Å². The zero-order chi connectivity index (χ0) is 25.5. The summed E-state index contributed by atoms with van der Waals surface area (Å²) in [4.78, 5) is 27.6. The van der Waals surface area contributed by atoms with Crippen LogP contribution in [0.3, 0.4) is 0 Å². The monoisotopic (exact) mass is 492 g/mol. The van der Waals surface area contributed by atoms with Gasteiger partial charge >= 0.3 is 10.2 Å². The molecule has 8 nitrogen and oxygen atoms in total. The standard InChI is InChI=1S/C24H33FN4O4S/c1-6-15-26-24(31)19(3)28(16-20-9-7-18(2)8-10-20)23(30)17-29(34(32,33)27(4)5)22-13-11-21(25)12-14-22/h7-14,19H,6,15-17H2,1-5H3,(H,26,31). The number of amides is 2. The summed E-state index contributed by atoms with van der Waals surface area (Å²) in [5.74, 6) is -1.42. The Morgan fingerprint density at radius 3 is 2.15 bits per heavy atom. The van der Waals surface area contributed by atoms with E-state index in [2.05, 4.69) is 5.32 Å². The highest BCUT2D eigenvalue weighted by atomic mass is 32.2. The van der Waals surface area contributed by atoms with E-state index < -0.39 is 34.5 Å². The Morgan fingerprint density at radius 1 is 1.03 bits per heavy atom. The minimum Gasteiger partial charge on any atom is -0.354 e. The van der Waals surface area contributed by atoms with Gasteiger partial charge in [-0.3, -0.25) is 9.59 Å². The van der Waals surface area contributed by atoms with Crippen LogP contribution < -0.4 is 9.62 Å². The minimum absolute atomic E-state index is 0.124. The largest absolute Gasteiger partial charge is 0.354 e. The lowest BCUT2D eigenvalue weighted by Gasteiger charge is -2.32. The Bertz CT molecular complexity index is 1070. The van der Waals surface area contributed by atoms with Gasteiger partial charge in [0.15, 0.2) is 0 Å². The zero-order valence-corrected chi connectivity index (χ0v) is 21.1. The molecule has 0 fully saturated rings. The fraction of sp³-hybridized carbons (Fsp3) is 0.417. The van der Waals surface area contributed by atoms with Crippen molar-refractivity contribution < 1.29 is 22.4 Å². The van der Waals surface area contributed by atoms with Gasteiger partial charge < -0.3 is 10.2 Å². The van der Waals surface area contributed by atoms with Crippen LogP contribution >= 0.6 is 0 Å². The van der Waals surface area contributed by atoms with Gasteiger partial charge in [0.25, 0.3) is 0 Å². The second kappa shape index (κ2) is 11.9. The quantitative estimate of drug-likeness (QED) is 0.522. The number of halogens is 1. The molecule has 0 aromatic heterocycles. The number of hydrogen-bond acceptors (Lipinski definition) is 4. The van der Waals surface area contributed by atoms with Crippen LogP contribution in [0.15, 0.2) is 48.5 Å². The molecule has 0 radical (unpaired) electrons. The van der Waals surface area contributed by atoms with Gasteiger partial charge in [0.05, 0.1) is 5.69 Å². The maximum Gasteiger partial charge on any atom is 0.304 e. The summed E-state index contributed by atoms with van der Waals surface area (Å²) in [6, 6.07) is 11.5. The highest BCUT2D eigenvalue weighted by molar-refractivity contribution is 7.90. The van der Waals surface area contributed by atoms with Crippen molar-refractivity contribution in [1.82, 2.24) is 14.5 Å². The van der Waals surface area contributed by atoms with E-state index in [1.54, 1.807) is 6.92 Å². The van der Waals surface area contributed by atoms with Gasteiger partial charge in [0.1, 0.15) is 18.4 Å². The topological polar surface area (TPSA) is 90.0 Å². The fourth-order valence-electron chi connectivity index (χ4n) is 3.19. The molecule has 1 N–H and O–H groups in total. The van der Waals surface area contributed by atoms with Gasteiger partial charge in [-0.15, -0.1) is 0 Å². The fourth-order valence-corrected chi connectivity index (χ4v) is 4.25. The van der Waals surface area contributed by atoms with Crippen LogP contribution in [0.5, 0.6) is 0 Å². The summed E-state index contributed by atoms with van der Waals surface area (Å²) in [6.45, 7) is 5.52. The molecule has 186 valence electrons. The number of carbonyl (C=O) groups excluding carboxylic acids is 2. The molecule has 2 rings (SSSR count). The average Bonchev–Trinajstić information content (AvgIpc) is 2.80. The first-order valence-electron chi connectivity index (χ1n) is 11.1. The molecule has 34 heavy (non-hydrogen) atoms. The molecule has 0 saturated heterocycles. The van der Waals surface area contributed by atoms with Crippen LogP contribution in [-0.4, -0.2) is 62.7 Å². The number of aryl methyl sites for hydroxylation is 1. The Labute approximate surface area is 201 Å². The van der Waals surface area contributed by atoms with Gasteiger partial charge in [-0.2, -0.15) is 12.7 Å². The Hall–Kier alpha value is -2.98. The number of benzene rings is 2. The maximum atomic E-state index is 13.5. The highest BCUT2D eigenvalue weighted by Gasteiger charge is 2.32. The van der Waals surface area contributed by atoms with E-state index >= 15 is 0 Å². The van der Waals surface area contributed by atoms with E-state index in [4.69, 9.17) is 0 Å². The predicted molar refractivity (Wildman–Crippen MR) is 131 cm³/mol.